The summed E-state index contributed by atoms with van der Waals surface area (Å²) >= 11 is 14.0. The Balaban J connectivity index is 2.10. The first-order valence-electron chi connectivity index (χ1n) is 10.2. The molecule has 0 saturated heterocycles. The Labute approximate surface area is 197 Å². The Bertz CT molecular complexity index is 860. The van der Waals surface area contributed by atoms with Gasteiger partial charge in [0.1, 0.15) is 11.9 Å². The number of carbonyl (C=O) groups is 2. The molecular formula is C23H27Cl2FN2O2S. The van der Waals surface area contributed by atoms with Gasteiger partial charge in [0, 0.05) is 34.5 Å². The standard InChI is InChI=1S/C23H27Cl2FN2O2S/c1-3-4-12-27-23(30)16(2)28(13-19-20(24)6-5-7-21(19)25)22(29)15-31-14-17-8-10-18(26)11-9-17/h5-11,16H,3-4,12-15H2,1-2H3,(H,27,30). The van der Waals surface area contributed by atoms with Crippen molar-refractivity contribution in [2.24, 2.45) is 0 Å². The fourth-order valence-corrected chi connectivity index (χ4v) is 4.28. The lowest BCUT2D eigenvalue weighted by Crippen LogP contribution is -2.48. The number of rotatable bonds is 11. The van der Waals surface area contributed by atoms with Crippen LogP contribution in [0.25, 0.3) is 0 Å². The lowest BCUT2D eigenvalue weighted by atomic mass is 10.1. The molecule has 8 heteroatoms. The summed E-state index contributed by atoms with van der Waals surface area (Å²) in [7, 11) is 0. The SMILES string of the molecule is CCCCNC(=O)C(C)N(Cc1c(Cl)cccc1Cl)C(=O)CSCc1ccc(F)cc1. The van der Waals surface area contributed by atoms with Crippen molar-refractivity contribution in [3.8, 4) is 0 Å². The Morgan fingerprint density at radius 3 is 2.39 bits per heavy atom. The highest BCUT2D eigenvalue weighted by atomic mass is 35.5. The zero-order valence-electron chi connectivity index (χ0n) is 17.7. The molecule has 2 amide bonds. The molecule has 0 radical (unpaired) electrons. The molecule has 0 aromatic heterocycles. The summed E-state index contributed by atoms with van der Waals surface area (Å²) in [6.07, 6.45) is 1.84. The molecule has 31 heavy (non-hydrogen) atoms. The molecule has 4 nitrogen and oxygen atoms in total. The predicted molar refractivity (Wildman–Crippen MR) is 127 cm³/mol. The van der Waals surface area contributed by atoms with Crippen molar-refractivity contribution in [1.29, 1.82) is 0 Å². The number of hydrogen-bond acceptors (Lipinski definition) is 3. The zero-order valence-corrected chi connectivity index (χ0v) is 20.0. The minimum Gasteiger partial charge on any atom is -0.354 e. The number of thioether (sulfide) groups is 1. The second-order valence-electron chi connectivity index (χ2n) is 7.16. The Kier molecular flexibility index (Phi) is 10.6. The van der Waals surface area contributed by atoms with Gasteiger partial charge in [0.15, 0.2) is 0 Å². The lowest BCUT2D eigenvalue weighted by molar-refractivity contribution is -0.138. The third-order valence-corrected chi connectivity index (χ3v) is 6.49. The number of nitrogens with one attached hydrogen (secondary N) is 1. The topological polar surface area (TPSA) is 49.4 Å². The lowest BCUT2D eigenvalue weighted by Gasteiger charge is -2.29. The maximum atomic E-state index is 13.1. The number of nitrogens with zero attached hydrogens (tertiary/aromatic N) is 1. The summed E-state index contributed by atoms with van der Waals surface area (Å²) in [5, 5.41) is 3.77. The fraction of sp³-hybridized carbons (Fsp3) is 0.391. The van der Waals surface area contributed by atoms with Crippen LogP contribution in [0, 0.1) is 5.82 Å². The van der Waals surface area contributed by atoms with Gasteiger partial charge in [0.2, 0.25) is 11.8 Å². The van der Waals surface area contributed by atoms with Crippen molar-refractivity contribution in [1.82, 2.24) is 10.2 Å². The number of benzene rings is 2. The first-order valence-corrected chi connectivity index (χ1v) is 12.1. The van der Waals surface area contributed by atoms with Crippen LogP contribution in [0.3, 0.4) is 0 Å². The molecule has 1 unspecified atom stereocenters. The molecule has 1 atom stereocenters. The van der Waals surface area contributed by atoms with Gasteiger partial charge in [-0.25, -0.2) is 4.39 Å². The first-order chi connectivity index (χ1) is 14.8. The van der Waals surface area contributed by atoms with Gasteiger partial charge in [0.25, 0.3) is 0 Å². The van der Waals surface area contributed by atoms with Crippen molar-refractivity contribution >= 4 is 46.8 Å². The number of amides is 2. The van der Waals surface area contributed by atoms with E-state index in [9.17, 15) is 14.0 Å². The van der Waals surface area contributed by atoms with E-state index in [1.165, 1.54) is 28.8 Å². The van der Waals surface area contributed by atoms with Crippen molar-refractivity contribution in [2.75, 3.05) is 12.3 Å². The normalized spacial score (nSPS) is 11.8. The molecule has 0 aliphatic heterocycles. The number of hydrogen-bond donors (Lipinski definition) is 1. The maximum absolute atomic E-state index is 13.1. The smallest absolute Gasteiger partial charge is 0.242 e. The maximum Gasteiger partial charge on any atom is 0.242 e. The van der Waals surface area contributed by atoms with E-state index in [1.54, 1.807) is 37.3 Å². The van der Waals surface area contributed by atoms with Gasteiger partial charge < -0.3 is 10.2 Å². The number of carbonyl (C=O) groups excluding carboxylic acids is 2. The van der Waals surface area contributed by atoms with Crippen LogP contribution in [0.5, 0.6) is 0 Å². The second kappa shape index (κ2) is 12.9. The highest BCUT2D eigenvalue weighted by Gasteiger charge is 2.27. The molecule has 1 N–H and O–H groups in total. The van der Waals surface area contributed by atoms with Crippen LogP contribution in [0.2, 0.25) is 10.0 Å². The fourth-order valence-electron chi connectivity index (χ4n) is 2.89. The molecule has 0 fully saturated rings. The van der Waals surface area contributed by atoms with Gasteiger partial charge in [-0.3, -0.25) is 9.59 Å². The van der Waals surface area contributed by atoms with Gasteiger partial charge in [-0.1, -0.05) is 54.7 Å². The molecule has 0 bridgehead atoms. The highest BCUT2D eigenvalue weighted by molar-refractivity contribution is 7.99. The van der Waals surface area contributed by atoms with Gasteiger partial charge in [-0.2, -0.15) is 0 Å². The Morgan fingerprint density at radius 1 is 1.13 bits per heavy atom. The van der Waals surface area contributed by atoms with E-state index in [-0.39, 0.29) is 29.9 Å². The molecule has 0 aliphatic rings. The summed E-state index contributed by atoms with van der Waals surface area (Å²) in [5.74, 6) is 0.0285. The quantitative estimate of drug-likeness (QED) is 0.416. The highest BCUT2D eigenvalue weighted by Crippen LogP contribution is 2.27. The van der Waals surface area contributed by atoms with Gasteiger partial charge in [-0.15, -0.1) is 11.8 Å². The van der Waals surface area contributed by atoms with E-state index >= 15 is 0 Å². The summed E-state index contributed by atoms with van der Waals surface area (Å²) in [4.78, 5) is 27.2. The summed E-state index contributed by atoms with van der Waals surface area (Å²) in [6.45, 7) is 4.45. The van der Waals surface area contributed by atoms with Crippen molar-refractivity contribution in [3.05, 3.63) is 69.5 Å². The van der Waals surface area contributed by atoms with Gasteiger partial charge in [-0.05, 0) is 43.2 Å². The van der Waals surface area contributed by atoms with Gasteiger partial charge >= 0.3 is 0 Å². The molecule has 168 valence electrons. The average Bonchev–Trinajstić information content (AvgIpc) is 2.74. The summed E-state index contributed by atoms with van der Waals surface area (Å²) in [5.41, 5.74) is 1.53. The van der Waals surface area contributed by atoms with E-state index in [4.69, 9.17) is 23.2 Å². The second-order valence-corrected chi connectivity index (χ2v) is 8.96. The third kappa shape index (κ3) is 8.02. The number of unbranched alkanes of at least 4 members (excludes halogenated alkanes) is 1. The summed E-state index contributed by atoms with van der Waals surface area (Å²) in [6, 6.07) is 10.7. The molecule has 2 rings (SSSR count). The predicted octanol–water partition coefficient (Wildman–Crippen LogP) is 5.70. The van der Waals surface area contributed by atoms with Crippen LogP contribution in [-0.4, -0.2) is 35.1 Å². The Morgan fingerprint density at radius 2 is 1.77 bits per heavy atom. The minimum absolute atomic E-state index is 0.136. The largest absolute Gasteiger partial charge is 0.354 e. The molecule has 2 aromatic carbocycles. The number of halogens is 3. The van der Waals surface area contributed by atoms with Crippen LogP contribution in [-0.2, 0) is 21.9 Å². The monoisotopic (exact) mass is 484 g/mol. The van der Waals surface area contributed by atoms with Crippen molar-refractivity contribution < 1.29 is 14.0 Å². The van der Waals surface area contributed by atoms with Crippen LogP contribution >= 0.6 is 35.0 Å². The molecule has 2 aromatic rings. The van der Waals surface area contributed by atoms with Gasteiger partial charge in [0.05, 0.1) is 5.75 Å². The third-order valence-electron chi connectivity index (χ3n) is 4.79. The van der Waals surface area contributed by atoms with Crippen LogP contribution in [0.15, 0.2) is 42.5 Å². The van der Waals surface area contributed by atoms with E-state index in [2.05, 4.69) is 5.32 Å². The summed E-state index contributed by atoms with van der Waals surface area (Å²) < 4.78 is 13.1. The minimum atomic E-state index is -0.678. The zero-order chi connectivity index (χ0) is 22.8. The van der Waals surface area contributed by atoms with E-state index in [0.717, 1.165) is 18.4 Å². The first kappa shape index (κ1) is 25.5. The molecule has 0 saturated carbocycles. The van der Waals surface area contributed by atoms with Crippen LogP contribution in [0.4, 0.5) is 4.39 Å². The molecular weight excluding hydrogens is 458 g/mol. The average molecular weight is 485 g/mol. The van der Waals surface area contributed by atoms with Crippen LogP contribution < -0.4 is 5.32 Å². The molecule has 0 heterocycles. The van der Waals surface area contributed by atoms with E-state index in [1.807, 2.05) is 6.92 Å². The van der Waals surface area contributed by atoms with Crippen LogP contribution in [0.1, 0.15) is 37.8 Å². The van der Waals surface area contributed by atoms with Crippen molar-refractivity contribution in [3.63, 3.8) is 0 Å². The van der Waals surface area contributed by atoms with E-state index in [0.29, 0.717) is 27.9 Å². The Hall–Kier alpha value is -1.76. The van der Waals surface area contributed by atoms with E-state index < -0.39 is 6.04 Å². The van der Waals surface area contributed by atoms with Crippen molar-refractivity contribution in [2.45, 2.75) is 45.0 Å². The molecule has 0 aliphatic carbocycles. The molecule has 0 spiro atoms.